The van der Waals surface area contributed by atoms with Crippen LogP contribution in [0.2, 0.25) is 0 Å². The highest BCUT2D eigenvalue weighted by Crippen LogP contribution is 2.24. The molecule has 0 fully saturated rings. The number of carbonyl (C=O) groups excluding carboxylic acids is 1. The second-order valence-corrected chi connectivity index (χ2v) is 4.79. The standard InChI is InChI=1S/C8H8N2O3S/c9-7-5-3-1-2-4-6(5)8(11)10-14(7,12)13/h1-4,7H,9H2,(H,10,11). The second kappa shape index (κ2) is 2.79. The third-order valence-electron chi connectivity index (χ3n) is 2.08. The van der Waals surface area contributed by atoms with Crippen LogP contribution in [0, 0.1) is 0 Å². The van der Waals surface area contributed by atoms with Crippen molar-refractivity contribution in [1.82, 2.24) is 4.72 Å². The normalized spacial score (nSPS) is 23.8. The molecule has 1 aliphatic rings. The number of rotatable bonds is 0. The highest BCUT2D eigenvalue weighted by molar-refractivity contribution is 7.90. The Morgan fingerprint density at radius 3 is 2.64 bits per heavy atom. The van der Waals surface area contributed by atoms with Gasteiger partial charge in [0, 0.05) is 5.56 Å². The average molecular weight is 212 g/mol. The van der Waals surface area contributed by atoms with Crippen LogP contribution in [0.5, 0.6) is 0 Å². The van der Waals surface area contributed by atoms with Crippen molar-refractivity contribution in [2.45, 2.75) is 5.37 Å². The molecule has 2 rings (SSSR count). The molecule has 0 saturated carbocycles. The quantitative estimate of drug-likeness (QED) is 0.618. The molecule has 1 heterocycles. The number of hydrogen-bond donors (Lipinski definition) is 2. The smallest absolute Gasteiger partial charge is 0.265 e. The van der Waals surface area contributed by atoms with Crippen LogP contribution in [0.4, 0.5) is 0 Å². The van der Waals surface area contributed by atoms with Crippen molar-refractivity contribution in [2.24, 2.45) is 5.73 Å². The molecule has 1 amide bonds. The molecule has 14 heavy (non-hydrogen) atoms. The van der Waals surface area contributed by atoms with Gasteiger partial charge in [0.2, 0.25) is 0 Å². The first-order chi connectivity index (χ1) is 6.52. The zero-order valence-corrected chi connectivity index (χ0v) is 7.91. The molecular weight excluding hydrogens is 204 g/mol. The zero-order valence-electron chi connectivity index (χ0n) is 7.10. The Bertz CT molecular complexity index is 495. The van der Waals surface area contributed by atoms with Crippen molar-refractivity contribution >= 4 is 15.9 Å². The van der Waals surface area contributed by atoms with E-state index in [0.717, 1.165) is 0 Å². The highest BCUT2D eigenvalue weighted by atomic mass is 32.2. The molecule has 1 aromatic carbocycles. The molecule has 5 nitrogen and oxygen atoms in total. The summed E-state index contributed by atoms with van der Waals surface area (Å²) in [6.45, 7) is 0. The van der Waals surface area contributed by atoms with E-state index in [1.165, 1.54) is 6.07 Å². The number of fused-ring (bicyclic) bond motifs is 1. The first-order valence-corrected chi connectivity index (χ1v) is 5.47. The summed E-state index contributed by atoms with van der Waals surface area (Å²) in [5.41, 5.74) is 6.14. The average Bonchev–Trinajstić information content (AvgIpc) is 2.14. The number of carbonyl (C=O) groups is 1. The summed E-state index contributed by atoms with van der Waals surface area (Å²) >= 11 is 0. The number of benzene rings is 1. The van der Waals surface area contributed by atoms with Crippen LogP contribution in [0.15, 0.2) is 24.3 Å². The van der Waals surface area contributed by atoms with Crippen molar-refractivity contribution in [1.29, 1.82) is 0 Å². The lowest BCUT2D eigenvalue weighted by Gasteiger charge is -2.22. The summed E-state index contributed by atoms with van der Waals surface area (Å²) in [5.74, 6) is -0.623. The molecule has 1 aliphatic heterocycles. The van der Waals surface area contributed by atoms with Crippen LogP contribution < -0.4 is 10.5 Å². The maximum atomic E-state index is 11.3. The second-order valence-electron chi connectivity index (χ2n) is 2.98. The van der Waals surface area contributed by atoms with Crippen molar-refractivity contribution < 1.29 is 13.2 Å². The van der Waals surface area contributed by atoms with E-state index in [4.69, 9.17) is 5.73 Å². The SMILES string of the molecule is NC1c2ccccc2C(=O)NS1(=O)=O. The van der Waals surface area contributed by atoms with Gasteiger partial charge < -0.3 is 5.73 Å². The number of nitrogens with one attached hydrogen (secondary N) is 1. The van der Waals surface area contributed by atoms with E-state index >= 15 is 0 Å². The van der Waals surface area contributed by atoms with E-state index in [1.54, 1.807) is 18.2 Å². The first-order valence-electron chi connectivity index (χ1n) is 3.93. The summed E-state index contributed by atoms with van der Waals surface area (Å²) in [6.07, 6.45) is 0. The number of hydrogen-bond acceptors (Lipinski definition) is 4. The van der Waals surface area contributed by atoms with Gasteiger partial charge in [0.25, 0.3) is 15.9 Å². The van der Waals surface area contributed by atoms with E-state index in [0.29, 0.717) is 11.1 Å². The summed E-state index contributed by atoms with van der Waals surface area (Å²) in [6, 6.07) is 6.38. The molecular formula is C8H8N2O3S. The largest absolute Gasteiger partial charge is 0.310 e. The van der Waals surface area contributed by atoms with Gasteiger partial charge in [-0.05, 0) is 11.6 Å². The van der Waals surface area contributed by atoms with Crippen molar-refractivity contribution in [3.63, 3.8) is 0 Å². The van der Waals surface area contributed by atoms with Crippen LogP contribution in [0.1, 0.15) is 21.3 Å². The molecule has 3 N–H and O–H groups in total. The van der Waals surface area contributed by atoms with E-state index < -0.39 is 21.3 Å². The maximum absolute atomic E-state index is 11.3. The first kappa shape index (κ1) is 9.17. The van der Waals surface area contributed by atoms with Gasteiger partial charge in [-0.1, -0.05) is 18.2 Å². The molecule has 1 atom stereocenters. The van der Waals surface area contributed by atoms with E-state index in [9.17, 15) is 13.2 Å². The maximum Gasteiger partial charge on any atom is 0.265 e. The predicted octanol–water partition coefficient (Wildman–Crippen LogP) is -0.283. The fourth-order valence-electron chi connectivity index (χ4n) is 1.37. The Kier molecular flexibility index (Phi) is 1.83. The summed E-state index contributed by atoms with van der Waals surface area (Å²) in [4.78, 5) is 11.3. The van der Waals surface area contributed by atoms with Crippen molar-refractivity contribution in [2.75, 3.05) is 0 Å². The fourth-order valence-corrected chi connectivity index (χ4v) is 2.40. The number of sulfonamides is 1. The Balaban J connectivity index is 2.69. The lowest BCUT2D eigenvalue weighted by atomic mass is 10.1. The molecule has 0 saturated heterocycles. The van der Waals surface area contributed by atoms with Crippen LogP contribution in [-0.4, -0.2) is 14.3 Å². The highest BCUT2D eigenvalue weighted by Gasteiger charge is 2.34. The van der Waals surface area contributed by atoms with E-state index in [1.807, 2.05) is 4.72 Å². The van der Waals surface area contributed by atoms with Gasteiger partial charge in [0.05, 0.1) is 0 Å². The summed E-state index contributed by atoms with van der Waals surface area (Å²) in [7, 11) is -3.75. The molecule has 74 valence electrons. The summed E-state index contributed by atoms with van der Waals surface area (Å²) in [5, 5.41) is -1.17. The van der Waals surface area contributed by atoms with Crippen LogP contribution in [0.25, 0.3) is 0 Å². The van der Waals surface area contributed by atoms with Gasteiger partial charge >= 0.3 is 0 Å². The van der Waals surface area contributed by atoms with Gasteiger partial charge in [-0.3, -0.25) is 4.79 Å². The molecule has 0 aliphatic carbocycles. The molecule has 0 bridgehead atoms. The zero-order chi connectivity index (χ0) is 10.3. The lowest BCUT2D eigenvalue weighted by molar-refractivity contribution is 0.0977. The number of nitrogens with two attached hydrogens (primary N) is 1. The Morgan fingerprint density at radius 2 is 1.93 bits per heavy atom. The third-order valence-corrected chi connectivity index (χ3v) is 3.47. The Labute approximate surface area is 81.0 Å². The molecule has 0 spiro atoms. The van der Waals surface area contributed by atoms with Gasteiger partial charge in [-0.25, -0.2) is 13.1 Å². The fraction of sp³-hybridized carbons (Fsp3) is 0.125. The Morgan fingerprint density at radius 1 is 1.29 bits per heavy atom. The van der Waals surface area contributed by atoms with E-state index in [2.05, 4.69) is 0 Å². The van der Waals surface area contributed by atoms with Gasteiger partial charge in [0.15, 0.2) is 5.37 Å². The number of amides is 1. The Hall–Kier alpha value is -1.40. The van der Waals surface area contributed by atoms with Crippen molar-refractivity contribution in [3.8, 4) is 0 Å². The molecule has 0 radical (unpaired) electrons. The monoisotopic (exact) mass is 212 g/mol. The van der Waals surface area contributed by atoms with Gasteiger partial charge in [-0.2, -0.15) is 0 Å². The van der Waals surface area contributed by atoms with Crippen LogP contribution in [-0.2, 0) is 10.0 Å². The minimum atomic E-state index is -3.75. The predicted molar refractivity (Wildman–Crippen MR) is 49.8 cm³/mol. The molecule has 6 heteroatoms. The third kappa shape index (κ3) is 1.19. The molecule has 0 aromatic heterocycles. The summed E-state index contributed by atoms with van der Waals surface area (Å²) < 4.78 is 24.5. The minimum absolute atomic E-state index is 0.315. The molecule has 1 unspecified atom stereocenters. The van der Waals surface area contributed by atoms with Gasteiger partial charge in [-0.15, -0.1) is 0 Å². The topological polar surface area (TPSA) is 89.3 Å². The van der Waals surface area contributed by atoms with Crippen molar-refractivity contribution in [3.05, 3.63) is 35.4 Å². The van der Waals surface area contributed by atoms with Gasteiger partial charge in [0.1, 0.15) is 0 Å². The lowest BCUT2D eigenvalue weighted by Crippen LogP contribution is -2.43. The van der Waals surface area contributed by atoms with E-state index in [-0.39, 0.29) is 0 Å². The van der Waals surface area contributed by atoms with Crippen LogP contribution in [0.3, 0.4) is 0 Å². The molecule has 1 aromatic rings. The minimum Gasteiger partial charge on any atom is -0.310 e. The van der Waals surface area contributed by atoms with Crippen LogP contribution >= 0.6 is 0 Å².